The Hall–Kier alpha value is -2.24. The summed E-state index contributed by atoms with van der Waals surface area (Å²) in [6.07, 6.45) is 0.628. The Labute approximate surface area is 142 Å². The molecule has 12 heteroatoms. The van der Waals surface area contributed by atoms with E-state index in [0.717, 1.165) is 6.42 Å². The summed E-state index contributed by atoms with van der Waals surface area (Å²) in [7, 11) is 0. The normalized spacial score (nSPS) is 11.2. The molecular formula is C12H20N2O9S. The maximum absolute atomic E-state index is 11.4. The minimum absolute atomic E-state index is 0.0741. The van der Waals surface area contributed by atoms with Gasteiger partial charge >= 0.3 is 17.4 Å². The molecule has 1 amide bonds. The Morgan fingerprint density at radius 2 is 1.88 bits per heavy atom. The van der Waals surface area contributed by atoms with Crippen LogP contribution in [0, 0.1) is 10.1 Å². The monoisotopic (exact) mass is 368 g/mol. The van der Waals surface area contributed by atoms with Gasteiger partial charge in [-0.05, 0) is 18.2 Å². The van der Waals surface area contributed by atoms with Gasteiger partial charge < -0.3 is 24.7 Å². The number of amides is 1. The molecule has 24 heavy (non-hydrogen) atoms. The number of unbranched alkanes of at least 4 members (excludes halogenated alkanes) is 1. The van der Waals surface area contributed by atoms with Crippen LogP contribution in [0.1, 0.15) is 26.2 Å². The van der Waals surface area contributed by atoms with Crippen LogP contribution in [0.5, 0.6) is 0 Å². The number of nitrogens with zero attached hydrogens (tertiary/aromatic N) is 1. The van der Waals surface area contributed by atoms with Gasteiger partial charge in [-0.25, -0.2) is 14.4 Å². The Morgan fingerprint density at radius 1 is 1.21 bits per heavy atom. The van der Waals surface area contributed by atoms with Crippen LogP contribution in [-0.4, -0.2) is 59.2 Å². The second-order valence-electron chi connectivity index (χ2n) is 4.34. The maximum Gasteiger partial charge on any atom is 0.407 e. The second kappa shape index (κ2) is 13.2. The van der Waals surface area contributed by atoms with E-state index in [2.05, 4.69) is 14.9 Å². The van der Waals surface area contributed by atoms with E-state index < -0.39 is 28.5 Å². The van der Waals surface area contributed by atoms with Crippen molar-refractivity contribution in [2.45, 2.75) is 32.2 Å². The molecule has 0 rings (SSSR count). The van der Waals surface area contributed by atoms with Crippen LogP contribution in [0.15, 0.2) is 0 Å². The van der Waals surface area contributed by atoms with Gasteiger partial charge in [0, 0.05) is 12.2 Å². The lowest BCUT2D eigenvalue weighted by Crippen LogP contribution is -2.43. The Morgan fingerprint density at radius 3 is 2.46 bits per heavy atom. The number of carboxylic acids is 1. The van der Waals surface area contributed by atoms with Crippen molar-refractivity contribution in [2.75, 3.05) is 25.6 Å². The average molecular weight is 368 g/mol. The van der Waals surface area contributed by atoms with Crippen molar-refractivity contribution >= 4 is 29.1 Å². The van der Waals surface area contributed by atoms with Gasteiger partial charge in [-0.3, -0.25) is 0 Å². The minimum Gasteiger partial charge on any atom is -0.480 e. The van der Waals surface area contributed by atoms with Gasteiger partial charge in [-0.2, -0.15) is 0 Å². The molecule has 0 bridgehead atoms. The highest BCUT2D eigenvalue weighted by Crippen LogP contribution is 2.09. The number of rotatable bonds is 12. The van der Waals surface area contributed by atoms with E-state index in [9.17, 15) is 24.5 Å². The van der Waals surface area contributed by atoms with Crippen LogP contribution in [-0.2, 0) is 19.1 Å². The molecule has 0 saturated heterocycles. The molecule has 1 unspecified atom stereocenters. The first-order valence-electron chi connectivity index (χ1n) is 7.09. The number of carboxylic acid groups (broad SMARTS) is 1. The number of carbonyl (C=O) groups excluding carboxylic acids is 2. The van der Waals surface area contributed by atoms with E-state index in [-0.39, 0.29) is 32.0 Å². The number of hydrogen-bond acceptors (Lipinski definition) is 9. The fraction of sp³-hybridized carbons (Fsp3) is 0.750. The highest BCUT2D eigenvalue weighted by molar-refractivity contribution is 8.13. The number of aliphatic carboxylic acids is 1. The maximum atomic E-state index is 11.4. The summed E-state index contributed by atoms with van der Waals surface area (Å²) in [6.45, 7) is 1.75. The third-order valence-electron chi connectivity index (χ3n) is 2.39. The van der Waals surface area contributed by atoms with E-state index >= 15 is 0 Å². The molecule has 1 atom stereocenters. The Kier molecular flexibility index (Phi) is 12.0. The van der Waals surface area contributed by atoms with Gasteiger partial charge in [0.25, 0.3) is 5.09 Å². The Balaban J connectivity index is 4.01. The van der Waals surface area contributed by atoms with Crippen LogP contribution in [0.2, 0.25) is 0 Å². The molecule has 0 aromatic rings. The summed E-state index contributed by atoms with van der Waals surface area (Å²) < 4.78 is 9.50. The molecule has 138 valence electrons. The molecule has 0 aromatic carbocycles. The van der Waals surface area contributed by atoms with Gasteiger partial charge in [0.15, 0.2) is 0 Å². The molecule has 0 heterocycles. The van der Waals surface area contributed by atoms with Crippen molar-refractivity contribution in [3.05, 3.63) is 10.1 Å². The number of hydrogen-bond donors (Lipinski definition) is 2. The third-order valence-corrected chi connectivity index (χ3v) is 3.25. The van der Waals surface area contributed by atoms with Crippen LogP contribution in [0.25, 0.3) is 0 Å². The zero-order valence-electron chi connectivity index (χ0n) is 13.1. The highest BCUT2D eigenvalue weighted by atomic mass is 32.2. The van der Waals surface area contributed by atoms with E-state index in [0.29, 0.717) is 18.2 Å². The standard InChI is InChI=1S/C12H20N2O9S/c1-2-3-5-22-12(18)24-8-9(10(15)16)13-11(17)21-6-4-7-23-14(19)20/h9H,2-8H2,1H3,(H,13,17)(H,15,16). The van der Waals surface area contributed by atoms with Crippen molar-refractivity contribution in [3.63, 3.8) is 0 Å². The SMILES string of the molecule is CCCCOC(=O)SCC(NC(=O)OCCCO[N+](=O)[O-])C(=O)O. The third kappa shape index (κ3) is 12.3. The first-order valence-corrected chi connectivity index (χ1v) is 8.08. The van der Waals surface area contributed by atoms with E-state index in [1.807, 2.05) is 6.92 Å². The van der Waals surface area contributed by atoms with Crippen LogP contribution in [0.4, 0.5) is 9.59 Å². The van der Waals surface area contributed by atoms with E-state index in [4.69, 9.17) is 9.84 Å². The number of thioether (sulfide) groups is 1. The van der Waals surface area contributed by atoms with Crippen molar-refractivity contribution < 1.29 is 38.9 Å². The van der Waals surface area contributed by atoms with Gasteiger partial charge in [0.05, 0.1) is 19.8 Å². The molecule has 0 fully saturated rings. The molecule has 0 radical (unpaired) electrons. The van der Waals surface area contributed by atoms with Crippen LogP contribution >= 0.6 is 11.8 Å². The fourth-order valence-corrected chi connectivity index (χ4v) is 1.91. The molecule has 0 aliphatic heterocycles. The van der Waals surface area contributed by atoms with Crippen molar-refractivity contribution in [3.8, 4) is 0 Å². The fourth-order valence-electron chi connectivity index (χ4n) is 1.21. The lowest BCUT2D eigenvalue weighted by molar-refractivity contribution is -0.757. The lowest BCUT2D eigenvalue weighted by Gasteiger charge is -2.13. The van der Waals surface area contributed by atoms with Gasteiger partial charge in [-0.1, -0.05) is 13.3 Å². The van der Waals surface area contributed by atoms with Crippen LogP contribution < -0.4 is 5.32 Å². The average Bonchev–Trinajstić information content (AvgIpc) is 2.50. The number of carbonyl (C=O) groups is 3. The number of ether oxygens (including phenoxy) is 2. The summed E-state index contributed by atoms with van der Waals surface area (Å²) in [5.41, 5.74) is 0. The second-order valence-corrected chi connectivity index (χ2v) is 5.30. The predicted octanol–water partition coefficient (Wildman–Crippen LogP) is 1.43. The van der Waals surface area contributed by atoms with Gasteiger partial charge in [0.1, 0.15) is 6.04 Å². The molecule has 0 aliphatic carbocycles. The van der Waals surface area contributed by atoms with Crippen molar-refractivity contribution in [1.82, 2.24) is 5.32 Å². The first-order chi connectivity index (χ1) is 11.4. The molecular weight excluding hydrogens is 348 g/mol. The minimum atomic E-state index is -1.34. The zero-order chi connectivity index (χ0) is 18.4. The first kappa shape index (κ1) is 21.8. The summed E-state index contributed by atoms with van der Waals surface area (Å²) in [5.74, 6) is -1.56. The quantitative estimate of drug-likeness (QED) is 0.224. The summed E-state index contributed by atoms with van der Waals surface area (Å²) >= 11 is 0.633. The molecule has 0 saturated carbocycles. The molecule has 0 spiro atoms. The van der Waals surface area contributed by atoms with Crippen molar-refractivity contribution in [2.24, 2.45) is 0 Å². The predicted molar refractivity (Wildman–Crippen MR) is 82.2 cm³/mol. The van der Waals surface area contributed by atoms with Gasteiger partial charge in [0.2, 0.25) is 0 Å². The van der Waals surface area contributed by atoms with Crippen LogP contribution in [0.3, 0.4) is 0 Å². The molecule has 0 aliphatic rings. The smallest absolute Gasteiger partial charge is 0.407 e. The molecule has 2 N–H and O–H groups in total. The molecule has 0 aromatic heterocycles. The number of alkyl carbamates (subject to hydrolysis) is 1. The lowest BCUT2D eigenvalue weighted by atomic mass is 10.3. The summed E-state index contributed by atoms with van der Waals surface area (Å²) in [4.78, 5) is 47.7. The zero-order valence-corrected chi connectivity index (χ0v) is 13.9. The van der Waals surface area contributed by atoms with Gasteiger partial charge in [-0.15, -0.1) is 10.1 Å². The number of nitrogens with one attached hydrogen (secondary N) is 1. The topological polar surface area (TPSA) is 154 Å². The van der Waals surface area contributed by atoms with E-state index in [1.165, 1.54) is 0 Å². The summed E-state index contributed by atoms with van der Waals surface area (Å²) in [6, 6.07) is -1.34. The largest absolute Gasteiger partial charge is 0.480 e. The Bertz CT molecular complexity index is 433. The molecule has 11 nitrogen and oxygen atoms in total. The van der Waals surface area contributed by atoms with Crippen molar-refractivity contribution in [1.29, 1.82) is 0 Å². The summed E-state index contributed by atoms with van der Waals surface area (Å²) in [5, 5.41) is 19.4. The van der Waals surface area contributed by atoms with E-state index in [1.54, 1.807) is 0 Å². The highest BCUT2D eigenvalue weighted by Gasteiger charge is 2.22.